The fourth-order valence-corrected chi connectivity index (χ4v) is 3.59. The summed E-state index contributed by atoms with van der Waals surface area (Å²) < 4.78 is 13.9. The summed E-state index contributed by atoms with van der Waals surface area (Å²) in [6.07, 6.45) is 4.89. The lowest BCUT2D eigenvalue weighted by molar-refractivity contribution is 0.0615. The third-order valence-corrected chi connectivity index (χ3v) is 4.88. The highest BCUT2D eigenvalue weighted by molar-refractivity contribution is 5.40. The molecular weight excluding hydrogens is 309 g/mol. The van der Waals surface area contributed by atoms with E-state index in [1.54, 1.807) is 6.20 Å². The van der Waals surface area contributed by atoms with Crippen LogP contribution < -0.4 is 10.4 Å². The first-order chi connectivity index (χ1) is 11.6. The lowest BCUT2D eigenvalue weighted by Crippen LogP contribution is -2.43. The van der Waals surface area contributed by atoms with Crippen LogP contribution in [0.25, 0.3) is 0 Å². The van der Waals surface area contributed by atoms with Crippen LogP contribution in [0.2, 0.25) is 0 Å². The molecule has 6 nitrogen and oxygen atoms in total. The predicted octanol–water partition coefficient (Wildman–Crippen LogP) is 2.00. The molecule has 2 aromatic heterocycles. The average molecular weight is 329 g/mol. The number of pyridine rings is 1. The molecule has 2 saturated heterocycles. The number of hydrogen-bond acceptors (Lipinski definition) is 6. The van der Waals surface area contributed by atoms with Crippen molar-refractivity contribution in [2.45, 2.75) is 25.3 Å². The molecule has 2 unspecified atom stereocenters. The molecule has 2 aliphatic heterocycles. The zero-order chi connectivity index (χ0) is 16.7. The number of aromatic nitrogens is 3. The Bertz CT molecular complexity index is 741. The van der Waals surface area contributed by atoms with Crippen molar-refractivity contribution in [1.29, 1.82) is 0 Å². The monoisotopic (exact) mass is 329 g/mol. The van der Waals surface area contributed by atoms with Crippen LogP contribution in [-0.4, -0.2) is 34.6 Å². The Morgan fingerprint density at radius 3 is 3.04 bits per heavy atom. The molecule has 0 aromatic carbocycles. The predicted molar refractivity (Wildman–Crippen MR) is 86.8 cm³/mol. The molecule has 2 atom stereocenters. The third kappa shape index (κ3) is 2.35. The van der Waals surface area contributed by atoms with Crippen LogP contribution in [0.3, 0.4) is 0 Å². The largest absolute Gasteiger partial charge is 0.338 e. The normalized spacial score (nSPS) is 26.2. The fraction of sp³-hybridized carbons (Fsp3) is 0.471. The minimum atomic E-state index is -0.350. The molecule has 2 aromatic rings. The van der Waals surface area contributed by atoms with Crippen LogP contribution in [0, 0.1) is 11.7 Å². The van der Waals surface area contributed by atoms with E-state index in [0.29, 0.717) is 24.8 Å². The van der Waals surface area contributed by atoms with Gasteiger partial charge in [-0.1, -0.05) is 19.9 Å². The summed E-state index contributed by atoms with van der Waals surface area (Å²) in [7, 11) is 0. The van der Waals surface area contributed by atoms with Crippen molar-refractivity contribution in [3.05, 3.63) is 47.8 Å². The Morgan fingerprint density at radius 2 is 2.29 bits per heavy atom. The van der Waals surface area contributed by atoms with E-state index in [2.05, 4.69) is 31.4 Å². The summed E-state index contributed by atoms with van der Waals surface area (Å²) in [5.74, 6) is 0.497. The number of anilines is 1. The van der Waals surface area contributed by atoms with E-state index in [-0.39, 0.29) is 23.2 Å². The number of halogens is 1. The van der Waals surface area contributed by atoms with Crippen LogP contribution >= 0.6 is 0 Å². The van der Waals surface area contributed by atoms with Crippen LogP contribution in [0.5, 0.6) is 0 Å². The highest BCUT2D eigenvalue weighted by Gasteiger charge is 2.53. The van der Waals surface area contributed by atoms with Gasteiger partial charge in [-0.2, -0.15) is 5.48 Å². The van der Waals surface area contributed by atoms with Crippen LogP contribution in [0.4, 0.5) is 10.3 Å². The molecule has 0 aliphatic carbocycles. The van der Waals surface area contributed by atoms with E-state index in [0.717, 1.165) is 12.1 Å². The van der Waals surface area contributed by atoms with Crippen LogP contribution in [0.1, 0.15) is 31.0 Å². The minimum absolute atomic E-state index is 0.0163. The molecule has 4 heterocycles. The van der Waals surface area contributed by atoms with Gasteiger partial charge in [0.25, 0.3) is 0 Å². The van der Waals surface area contributed by atoms with Gasteiger partial charge in [0.15, 0.2) is 5.82 Å². The van der Waals surface area contributed by atoms with Crippen molar-refractivity contribution in [2.75, 3.05) is 24.6 Å². The van der Waals surface area contributed by atoms with Gasteiger partial charge in [0, 0.05) is 31.4 Å². The van der Waals surface area contributed by atoms with Crippen molar-refractivity contribution in [1.82, 2.24) is 20.4 Å². The molecule has 7 heteroatoms. The van der Waals surface area contributed by atoms with Gasteiger partial charge in [-0.3, -0.25) is 4.98 Å². The number of fused-ring (bicyclic) bond motifs is 1. The average Bonchev–Trinajstić information content (AvgIpc) is 3.14. The van der Waals surface area contributed by atoms with E-state index in [9.17, 15) is 4.39 Å². The lowest BCUT2D eigenvalue weighted by Gasteiger charge is -2.27. The van der Waals surface area contributed by atoms with Gasteiger partial charge in [-0.25, -0.2) is 14.4 Å². The second-order valence-electron chi connectivity index (χ2n) is 6.76. The Morgan fingerprint density at radius 1 is 1.42 bits per heavy atom. The summed E-state index contributed by atoms with van der Waals surface area (Å²) in [6.45, 7) is 5.89. The highest BCUT2D eigenvalue weighted by Crippen LogP contribution is 2.41. The summed E-state index contributed by atoms with van der Waals surface area (Å²) >= 11 is 0. The third-order valence-electron chi connectivity index (χ3n) is 4.88. The summed E-state index contributed by atoms with van der Waals surface area (Å²) in [6, 6.07) is 3.98. The van der Waals surface area contributed by atoms with Crippen LogP contribution in [-0.2, 0) is 10.4 Å². The molecule has 4 rings (SSSR count). The van der Waals surface area contributed by atoms with Crippen molar-refractivity contribution in [3.8, 4) is 0 Å². The second kappa shape index (κ2) is 5.75. The smallest absolute Gasteiger partial charge is 0.225 e. The van der Waals surface area contributed by atoms with E-state index in [4.69, 9.17) is 4.84 Å². The zero-order valence-corrected chi connectivity index (χ0v) is 13.7. The van der Waals surface area contributed by atoms with Gasteiger partial charge in [0.1, 0.15) is 0 Å². The van der Waals surface area contributed by atoms with E-state index in [1.807, 2.05) is 26.1 Å². The van der Waals surface area contributed by atoms with Crippen molar-refractivity contribution >= 4 is 5.95 Å². The van der Waals surface area contributed by atoms with E-state index in [1.165, 1.54) is 6.20 Å². The molecule has 24 heavy (non-hydrogen) atoms. The van der Waals surface area contributed by atoms with Gasteiger partial charge in [-0.15, -0.1) is 0 Å². The summed E-state index contributed by atoms with van der Waals surface area (Å²) in [4.78, 5) is 20.5. The molecule has 1 N–H and O–H groups in total. The van der Waals surface area contributed by atoms with Crippen molar-refractivity contribution < 1.29 is 9.23 Å². The molecule has 0 bridgehead atoms. The second-order valence-corrected chi connectivity index (χ2v) is 6.76. The van der Waals surface area contributed by atoms with Gasteiger partial charge in [0.2, 0.25) is 5.95 Å². The molecule has 2 aliphatic rings. The molecular formula is C17H20FN5O. The van der Waals surface area contributed by atoms with Gasteiger partial charge < -0.3 is 9.74 Å². The van der Waals surface area contributed by atoms with Gasteiger partial charge in [-0.05, 0) is 17.5 Å². The first-order valence-corrected chi connectivity index (χ1v) is 8.17. The quantitative estimate of drug-likeness (QED) is 0.929. The summed E-state index contributed by atoms with van der Waals surface area (Å²) in [5.41, 5.74) is 4.40. The Hall–Kier alpha value is -2.12. The minimum Gasteiger partial charge on any atom is -0.338 e. The maximum Gasteiger partial charge on any atom is 0.225 e. The SMILES string of the molecule is CC(C)c1nc(N2CC3CONC3(c3cccnc3)C2)ncc1F. The molecule has 126 valence electrons. The fourth-order valence-electron chi connectivity index (χ4n) is 3.59. The molecule has 0 radical (unpaired) electrons. The molecule has 0 spiro atoms. The topological polar surface area (TPSA) is 63.2 Å². The Labute approximate surface area is 140 Å². The van der Waals surface area contributed by atoms with Crippen molar-refractivity contribution in [2.24, 2.45) is 5.92 Å². The Balaban J connectivity index is 1.68. The summed E-state index contributed by atoms with van der Waals surface area (Å²) in [5, 5.41) is 0. The molecule has 0 amide bonds. The number of hydroxylamine groups is 1. The zero-order valence-electron chi connectivity index (χ0n) is 13.7. The van der Waals surface area contributed by atoms with Crippen LogP contribution in [0.15, 0.2) is 30.7 Å². The van der Waals surface area contributed by atoms with Gasteiger partial charge in [0.05, 0.1) is 24.0 Å². The Kier molecular flexibility index (Phi) is 3.69. The number of hydrogen-bond donors (Lipinski definition) is 1. The first-order valence-electron chi connectivity index (χ1n) is 8.17. The number of rotatable bonds is 3. The van der Waals surface area contributed by atoms with Crippen molar-refractivity contribution in [3.63, 3.8) is 0 Å². The molecule has 2 fully saturated rings. The maximum absolute atomic E-state index is 13.9. The first kappa shape index (κ1) is 15.4. The van der Waals surface area contributed by atoms with E-state index < -0.39 is 0 Å². The van der Waals surface area contributed by atoms with Gasteiger partial charge >= 0.3 is 0 Å². The maximum atomic E-state index is 13.9. The number of nitrogens with zero attached hydrogens (tertiary/aromatic N) is 4. The molecule has 0 saturated carbocycles. The standard InChI is InChI=1S/C17H20FN5O/c1-11(2)15-14(18)7-20-16(21-15)23-8-13-9-24-22-17(13,10-23)12-4-3-5-19-6-12/h3-7,11,13,22H,8-10H2,1-2H3. The highest BCUT2D eigenvalue weighted by atomic mass is 19.1. The van der Waals surface area contributed by atoms with E-state index >= 15 is 0 Å². The number of nitrogens with one attached hydrogen (secondary N) is 1. The lowest BCUT2D eigenvalue weighted by atomic mass is 9.83.